The number of hydrogen-bond acceptors (Lipinski definition) is 0. The van der Waals surface area contributed by atoms with Crippen LogP contribution in [0.1, 0.15) is 122 Å². The molecule has 2 aromatic heterocycles. The summed E-state index contributed by atoms with van der Waals surface area (Å²) in [6.07, 6.45) is 20.8. The Morgan fingerprint density at radius 2 is 0.686 bits per heavy atom. The van der Waals surface area contributed by atoms with Gasteiger partial charge in [0, 0.05) is 45.2 Å². The van der Waals surface area contributed by atoms with Gasteiger partial charge in [-0.2, -0.15) is 0 Å². The molecule has 3 aliphatic heterocycles. The minimum Gasteiger partial charge on any atom is -0.200 e. The fraction of sp³-hybridized carbons (Fsp3) is 0.293. The molecule has 0 unspecified atom stereocenters. The summed E-state index contributed by atoms with van der Waals surface area (Å²) >= 11 is 0. The molecule has 3 fully saturated rings. The van der Waals surface area contributed by atoms with Crippen molar-refractivity contribution in [1.29, 1.82) is 0 Å². The van der Waals surface area contributed by atoms with E-state index in [2.05, 4.69) is 271 Å². The van der Waals surface area contributed by atoms with Crippen molar-refractivity contribution in [2.45, 2.75) is 141 Å². The van der Waals surface area contributed by atoms with Crippen molar-refractivity contribution in [1.82, 2.24) is 0 Å². The van der Waals surface area contributed by atoms with E-state index in [1.807, 2.05) is 0 Å². The highest BCUT2D eigenvalue weighted by Gasteiger charge is 2.52. The van der Waals surface area contributed by atoms with Crippen LogP contribution in [0.25, 0.3) is 67.0 Å². The molecule has 0 N–H and O–H groups in total. The molecule has 2 aliphatic carbocycles. The second kappa shape index (κ2) is 22.3. The number of rotatable bonds is 6. The second-order valence-electron chi connectivity index (χ2n) is 27.3. The molecule has 8 aromatic carbocycles. The highest BCUT2D eigenvalue weighted by molar-refractivity contribution is 7.03. The largest absolute Gasteiger partial charge is 0.212 e. The maximum atomic E-state index is 2.68. The van der Waals surface area contributed by atoms with Gasteiger partial charge >= 0.3 is 0 Å². The molecule has 86 heavy (non-hydrogen) atoms. The van der Waals surface area contributed by atoms with Crippen molar-refractivity contribution in [3.05, 3.63) is 251 Å². The summed E-state index contributed by atoms with van der Waals surface area (Å²) in [6, 6.07) is 77.4. The van der Waals surface area contributed by atoms with Crippen molar-refractivity contribution in [3.8, 4) is 67.0 Å². The molecular weight excluding hydrogens is 1070 g/mol. The average molecular weight is 1160 g/mol. The van der Waals surface area contributed by atoms with E-state index in [0.29, 0.717) is 0 Å². The summed E-state index contributed by atoms with van der Waals surface area (Å²) in [6.45, 7) is 14.2. The molecule has 15 rings (SSSR count). The number of fused-ring (bicyclic) bond motifs is 10. The van der Waals surface area contributed by atoms with E-state index in [-0.39, 0.29) is 10.8 Å². The molecule has 5 aliphatic rings. The van der Waals surface area contributed by atoms with Gasteiger partial charge in [-0.15, -0.1) is 0 Å². The first kappa shape index (κ1) is 56.3. The minimum atomic E-state index is -1.77. The lowest BCUT2D eigenvalue weighted by atomic mass is 9.64. The molecule has 0 radical (unpaired) electrons. The van der Waals surface area contributed by atoms with Crippen LogP contribution in [0.15, 0.2) is 207 Å². The molecule has 3 spiro atoms. The molecule has 430 valence electrons. The van der Waals surface area contributed by atoms with Gasteiger partial charge in [0.2, 0.25) is 11.4 Å². The SMILES string of the molecule is Cc1cc(-c2ccc(-c3ccccc3)cc2C)[n+](C)cc1-c1ccc2c(c1)C1(CCCC1)c1ccccc1[Si]2(C)C.Cc1cc(-c2ccc(-c3ccccc3)cc2C)[n+](C)cc1-c1ccc2c(c1)C1(CCCCC1)c1ccccc1[Si]21CCCCC1. The summed E-state index contributed by atoms with van der Waals surface area (Å²) in [5.74, 6) is 0. The predicted octanol–water partition coefficient (Wildman–Crippen LogP) is 17.6. The van der Waals surface area contributed by atoms with Gasteiger partial charge in [0.1, 0.15) is 30.2 Å². The molecule has 1 saturated heterocycles. The second-order valence-corrected chi connectivity index (χ2v) is 35.9. The molecule has 0 atom stereocenters. The van der Waals surface area contributed by atoms with Crippen LogP contribution in [0.4, 0.5) is 0 Å². The van der Waals surface area contributed by atoms with Gasteiger partial charge in [0.05, 0.1) is 0 Å². The van der Waals surface area contributed by atoms with Crippen LogP contribution in [0, 0.1) is 27.7 Å². The third kappa shape index (κ3) is 9.39. The summed E-state index contributed by atoms with van der Waals surface area (Å²) in [7, 11) is 0.896. The molecule has 0 amide bonds. The number of nitrogens with zero attached hydrogens (tertiary/aromatic N) is 2. The van der Waals surface area contributed by atoms with Gasteiger partial charge in [-0.1, -0.05) is 250 Å². The van der Waals surface area contributed by atoms with E-state index < -0.39 is 16.1 Å². The number of aryl methyl sites for hydroxylation is 6. The van der Waals surface area contributed by atoms with E-state index in [0.717, 1.165) is 0 Å². The van der Waals surface area contributed by atoms with Crippen LogP contribution in [0.5, 0.6) is 0 Å². The Morgan fingerprint density at radius 3 is 1.19 bits per heavy atom. The van der Waals surface area contributed by atoms with Crippen LogP contribution >= 0.6 is 0 Å². The van der Waals surface area contributed by atoms with E-state index in [4.69, 9.17) is 0 Å². The van der Waals surface area contributed by atoms with Crippen molar-refractivity contribution >= 4 is 36.9 Å². The smallest absolute Gasteiger partial charge is 0.200 e. The highest BCUT2D eigenvalue weighted by atomic mass is 28.3. The van der Waals surface area contributed by atoms with Gasteiger partial charge < -0.3 is 0 Å². The maximum absolute atomic E-state index is 2.68. The standard InChI is InChI=1S/C43H46NSi.C39H40NSi/c1-31-27-34(33-15-7-4-8-16-33)19-21-36(31)40-28-32(2)37(30-44(40)3)35-20-22-42-39(29-35)43(23-11-5-12-24-43)38-17-9-10-18-41(38)45(42)25-13-6-14-26-45;1-27-23-30(29-13-7-6-8-14-29)17-19-32(27)36-24-28(2)33(26-40(36)3)31-18-20-38-35(25-31)39(21-11-12-22-39)34-15-9-10-16-37(34)41(38,4)5/h4,7-10,15-22,27-30H,5-6,11-14,23-26H2,1-3H3;6-10,13-20,23-26H,11-12,21-22H2,1-5H3/q2*+1. The fourth-order valence-corrected chi connectivity index (χ4v) is 26.7. The molecule has 2 nitrogen and oxygen atoms in total. The van der Waals surface area contributed by atoms with E-state index >= 15 is 0 Å². The molecule has 0 bridgehead atoms. The zero-order chi connectivity index (χ0) is 59.0. The molecule has 2 saturated carbocycles. The minimum absolute atomic E-state index is 0.179. The summed E-state index contributed by atoms with van der Waals surface area (Å²) in [5, 5.41) is 6.89. The van der Waals surface area contributed by atoms with Gasteiger partial charge in [-0.25, -0.2) is 9.13 Å². The first-order chi connectivity index (χ1) is 41.8. The first-order valence-electron chi connectivity index (χ1n) is 32.6. The fourth-order valence-electron chi connectivity index (χ4n) is 17.6. The van der Waals surface area contributed by atoms with Gasteiger partial charge in [0.25, 0.3) is 0 Å². The van der Waals surface area contributed by atoms with E-state index in [9.17, 15) is 0 Å². The third-order valence-electron chi connectivity index (χ3n) is 22.0. The Morgan fingerprint density at radius 1 is 0.314 bits per heavy atom. The monoisotopic (exact) mass is 1150 g/mol. The molecular formula is C82H86N2Si2+2. The average Bonchev–Trinajstić information content (AvgIpc) is 0.904. The van der Waals surface area contributed by atoms with Crippen LogP contribution < -0.4 is 29.9 Å². The highest BCUT2D eigenvalue weighted by Crippen LogP contribution is 2.51. The summed E-state index contributed by atoms with van der Waals surface area (Å²) < 4.78 is 4.68. The zero-order valence-corrected chi connectivity index (χ0v) is 54.4. The van der Waals surface area contributed by atoms with Gasteiger partial charge in [0.15, 0.2) is 12.4 Å². The quantitative estimate of drug-likeness (QED) is 0.116. The van der Waals surface area contributed by atoms with Crippen LogP contribution in [-0.4, -0.2) is 16.1 Å². The first-order valence-corrected chi connectivity index (χ1v) is 38.1. The maximum Gasteiger partial charge on any atom is 0.212 e. The topological polar surface area (TPSA) is 7.76 Å². The van der Waals surface area contributed by atoms with Crippen molar-refractivity contribution in [3.63, 3.8) is 0 Å². The van der Waals surface area contributed by atoms with Gasteiger partial charge in [-0.05, 0) is 161 Å². The molecule has 5 heterocycles. The lowest BCUT2D eigenvalue weighted by Gasteiger charge is -2.51. The normalized spacial score (nSPS) is 17.3. The zero-order valence-electron chi connectivity index (χ0n) is 52.4. The Kier molecular flexibility index (Phi) is 14.6. The summed E-state index contributed by atoms with van der Waals surface area (Å²) in [4.78, 5) is 0. The number of aromatic nitrogens is 2. The number of pyridine rings is 2. The lowest BCUT2D eigenvalue weighted by Crippen LogP contribution is -2.67. The van der Waals surface area contributed by atoms with E-state index in [1.54, 1.807) is 43.0 Å². The van der Waals surface area contributed by atoms with Gasteiger partial charge in [-0.3, -0.25) is 0 Å². The summed E-state index contributed by atoms with van der Waals surface area (Å²) in [5.41, 5.74) is 28.0. The lowest BCUT2D eigenvalue weighted by molar-refractivity contribution is -0.660. The van der Waals surface area contributed by atoms with Crippen molar-refractivity contribution in [2.24, 2.45) is 14.1 Å². The molecule has 4 heteroatoms. The van der Waals surface area contributed by atoms with Crippen molar-refractivity contribution in [2.75, 3.05) is 0 Å². The number of benzene rings is 8. The van der Waals surface area contributed by atoms with Crippen LogP contribution in [0.2, 0.25) is 25.2 Å². The molecule has 10 aromatic rings. The Hall–Kier alpha value is -7.51. The predicted molar refractivity (Wildman–Crippen MR) is 368 cm³/mol. The Labute approximate surface area is 515 Å². The van der Waals surface area contributed by atoms with Crippen LogP contribution in [-0.2, 0) is 24.9 Å². The third-order valence-corrected chi connectivity index (χ3v) is 30.9. The van der Waals surface area contributed by atoms with Crippen LogP contribution in [0.3, 0.4) is 0 Å². The van der Waals surface area contributed by atoms with E-state index in [1.165, 1.54) is 178 Å². The van der Waals surface area contributed by atoms with Crippen molar-refractivity contribution < 1.29 is 9.13 Å². The number of hydrogen-bond donors (Lipinski definition) is 0. The Balaban J connectivity index is 0.000000153. The Bertz CT molecular complexity index is 4230.